The summed E-state index contributed by atoms with van der Waals surface area (Å²) in [5.74, 6) is 0. The summed E-state index contributed by atoms with van der Waals surface area (Å²) in [7, 11) is 1.69. The number of aliphatic hydroxyl groups excluding tert-OH is 1. The van der Waals surface area contributed by atoms with Crippen LogP contribution in [0, 0.1) is 6.92 Å². The molecule has 3 nitrogen and oxygen atoms in total. The number of aliphatic hydroxyl groups is 1. The molecular weight excluding hydrogens is 214 g/mol. The van der Waals surface area contributed by atoms with Crippen molar-refractivity contribution in [2.45, 2.75) is 32.4 Å². The third kappa shape index (κ3) is 4.46. The first-order valence-electron chi connectivity index (χ1n) is 6.00. The van der Waals surface area contributed by atoms with Gasteiger partial charge in [-0.2, -0.15) is 0 Å². The van der Waals surface area contributed by atoms with Gasteiger partial charge in [-0.1, -0.05) is 24.3 Å². The van der Waals surface area contributed by atoms with E-state index in [-0.39, 0.29) is 12.1 Å². The predicted molar refractivity (Wildman–Crippen MR) is 70.0 cm³/mol. The summed E-state index contributed by atoms with van der Waals surface area (Å²) < 4.78 is 5.20. The van der Waals surface area contributed by atoms with Gasteiger partial charge in [0.2, 0.25) is 0 Å². The highest BCUT2D eigenvalue weighted by Crippen LogP contribution is 2.13. The number of ether oxygens (including phenoxy) is 1. The molecule has 3 heteroatoms. The van der Waals surface area contributed by atoms with E-state index < -0.39 is 0 Å². The average Bonchev–Trinajstić information content (AvgIpc) is 2.29. The van der Waals surface area contributed by atoms with Crippen molar-refractivity contribution in [3.05, 3.63) is 35.4 Å². The van der Waals surface area contributed by atoms with Gasteiger partial charge in [-0.05, 0) is 31.4 Å². The maximum absolute atomic E-state index is 9.08. The molecule has 1 aromatic carbocycles. The van der Waals surface area contributed by atoms with Crippen LogP contribution in [0.15, 0.2) is 24.3 Å². The lowest BCUT2D eigenvalue weighted by molar-refractivity contribution is 0.0969. The van der Waals surface area contributed by atoms with Gasteiger partial charge in [0.15, 0.2) is 0 Å². The third-order valence-corrected chi connectivity index (χ3v) is 3.09. The quantitative estimate of drug-likeness (QED) is 0.760. The molecule has 1 aromatic rings. The van der Waals surface area contributed by atoms with Gasteiger partial charge in [0.25, 0.3) is 0 Å². The summed E-state index contributed by atoms with van der Waals surface area (Å²) in [4.78, 5) is 0. The molecule has 0 amide bonds. The summed E-state index contributed by atoms with van der Waals surface area (Å²) in [6.45, 7) is 5.74. The average molecular weight is 237 g/mol. The molecule has 96 valence electrons. The standard InChI is InChI=1S/C14H23NO2/c1-12-6-4-5-7-13(12)10-15-14(2,8-9-16)11-17-3/h4-7,15-16H,8-11H2,1-3H3. The van der Waals surface area contributed by atoms with Gasteiger partial charge in [-0.15, -0.1) is 0 Å². The van der Waals surface area contributed by atoms with E-state index in [2.05, 4.69) is 31.3 Å². The Kier molecular flexibility index (Phi) is 5.62. The molecular formula is C14H23NO2. The monoisotopic (exact) mass is 237 g/mol. The minimum absolute atomic E-state index is 0.167. The number of aryl methyl sites for hydroxylation is 1. The van der Waals surface area contributed by atoms with E-state index in [1.165, 1.54) is 11.1 Å². The fraction of sp³-hybridized carbons (Fsp3) is 0.571. The summed E-state index contributed by atoms with van der Waals surface area (Å²) in [6.07, 6.45) is 0.687. The van der Waals surface area contributed by atoms with Crippen molar-refractivity contribution in [1.82, 2.24) is 5.32 Å². The Morgan fingerprint density at radius 2 is 2.06 bits per heavy atom. The lowest BCUT2D eigenvalue weighted by Crippen LogP contribution is -2.46. The van der Waals surface area contributed by atoms with Crippen molar-refractivity contribution in [1.29, 1.82) is 0 Å². The molecule has 0 aromatic heterocycles. The van der Waals surface area contributed by atoms with Gasteiger partial charge in [-0.25, -0.2) is 0 Å². The number of rotatable bonds is 7. The van der Waals surface area contributed by atoms with Crippen LogP contribution in [0.5, 0.6) is 0 Å². The van der Waals surface area contributed by atoms with E-state index >= 15 is 0 Å². The van der Waals surface area contributed by atoms with Gasteiger partial charge in [0.1, 0.15) is 0 Å². The summed E-state index contributed by atoms with van der Waals surface area (Å²) in [5, 5.41) is 12.6. The zero-order valence-corrected chi connectivity index (χ0v) is 11.0. The number of methoxy groups -OCH3 is 1. The second-order valence-electron chi connectivity index (χ2n) is 4.75. The van der Waals surface area contributed by atoms with E-state index in [9.17, 15) is 0 Å². The smallest absolute Gasteiger partial charge is 0.0642 e. The van der Waals surface area contributed by atoms with Crippen LogP contribution < -0.4 is 5.32 Å². The Morgan fingerprint density at radius 1 is 1.35 bits per heavy atom. The molecule has 0 saturated carbocycles. The zero-order valence-electron chi connectivity index (χ0n) is 11.0. The Labute approximate surface area is 104 Å². The predicted octanol–water partition coefficient (Wildman–Crippen LogP) is 1.87. The van der Waals surface area contributed by atoms with Crippen LogP contribution in [0.25, 0.3) is 0 Å². The van der Waals surface area contributed by atoms with Gasteiger partial charge in [0.05, 0.1) is 6.61 Å². The van der Waals surface area contributed by atoms with E-state index in [0.29, 0.717) is 13.0 Å². The summed E-state index contributed by atoms with van der Waals surface area (Å²) in [5.41, 5.74) is 2.39. The highest BCUT2D eigenvalue weighted by molar-refractivity contribution is 5.25. The molecule has 0 radical (unpaired) electrons. The molecule has 2 N–H and O–H groups in total. The SMILES string of the molecule is COCC(C)(CCO)NCc1ccccc1C. The molecule has 0 saturated heterocycles. The first-order chi connectivity index (χ1) is 8.11. The van der Waals surface area contributed by atoms with Crippen LogP contribution in [-0.4, -0.2) is 31.0 Å². The van der Waals surface area contributed by atoms with Gasteiger partial charge >= 0.3 is 0 Å². The molecule has 17 heavy (non-hydrogen) atoms. The fourth-order valence-electron chi connectivity index (χ4n) is 1.89. The lowest BCUT2D eigenvalue weighted by Gasteiger charge is -2.30. The molecule has 1 rings (SSSR count). The second kappa shape index (κ2) is 6.74. The Hall–Kier alpha value is -0.900. The van der Waals surface area contributed by atoms with Gasteiger partial charge < -0.3 is 15.2 Å². The minimum atomic E-state index is -0.175. The Morgan fingerprint density at radius 3 is 2.65 bits per heavy atom. The van der Waals surface area contributed by atoms with Gasteiger partial charge in [0, 0.05) is 25.8 Å². The molecule has 0 aliphatic rings. The molecule has 0 heterocycles. The highest BCUT2D eigenvalue weighted by Gasteiger charge is 2.22. The number of benzene rings is 1. The van der Waals surface area contributed by atoms with Crippen LogP contribution >= 0.6 is 0 Å². The molecule has 0 aliphatic heterocycles. The first-order valence-corrected chi connectivity index (χ1v) is 6.00. The van der Waals surface area contributed by atoms with Crippen molar-refractivity contribution in [2.75, 3.05) is 20.3 Å². The Bertz CT molecular complexity index is 333. The minimum Gasteiger partial charge on any atom is -0.396 e. The number of hydrogen-bond donors (Lipinski definition) is 2. The van der Waals surface area contributed by atoms with Crippen molar-refractivity contribution in [3.63, 3.8) is 0 Å². The van der Waals surface area contributed by atoms with Crippen LogP contribution in [0.3, 0.4) is 0 Å². The Balaban J connectivity index is 2.60. The lowest BCUT2D eigenvalue weighted by atomic mass is 9.98. The number of nitrogens with one attached hydrogen (secondary N) is 1. The van der Waals surface area contributed by atoms with Gasteiger partial charge in [-0.3, -0.25) is 0 Å². The van der Waals surface area contributed by atoms with Crippen molar-refractivity contribution < 1.29 is 9.84 Å². The highest BCUT2D eigenvalue weighted by atomic mass is 16.5. The topological polar surface area (TPSA) is 41.5 Å². The van der Waals surface area contributed by atoms with Crippen LogP contribution in [-0.2, 0) is 11.3 Å². The van der Waals surface area contributed by atoms with Crippen LogP contribution in [0.4, 0.5) is 0 Å². The molecule has 0 bridgehead atoms. The fourth-order valence-corrected chi connectivity index (χ4v) is 1.89. The van der Waals surface area contributed by atoms with Crippen molar-refractivity contribution in [2.24, 2.45) is 0 Å². The van der Waals surface area contributed by atoms with E-state index in [0.717, 1.165) is 6.54 Å². The molecule has 1 atom stereocenters. The van der Waals surface area contributed by atoms with Crippen molar-refractivity contribution >= 4 is 0 Å². The third-order valence-electron chi connectivity index (χ3n) is 3.09. The van der Waals surface area contributed by atoms with E-state index in [1.807, 2.05) is 12.1 Å². The van der Waals surface area contributed by atoms with E-state index in [1.54, 1.807) is 7.11 Å². The molecule has 0 aliphatic carbocycles. The molecule has 0 fully saturated rings. The molecule has 0 spiro atoms. The normalized spacial score (nSPS) is 14.6. The number of hydrogen-bond acceptors (Lipinski definition) is 3. The zero-order chi connectivity index (χ0) is 12.7. The first kappa shape index (κ1) is 14.2. The molecule has 1 unspecified atom stereocenters. The maximum atomic E-state index is 9.08. The van der Waals surface area contributed by atoms with Crippen molar-refractivity contribution in [3.8, 4) is 0 Å². The summed E-state index contributed by atoms with van der Waals surface area (Å²) in [6, 6.07) is 8.32. The summed E-state index contributed by atoms with van der Waals surface area (Å²) >= 11 is 0. The van der Waals surface area contributed by atoms with Crippen LogP contribution in [0.2, 0.25) is 0 Å². The van der Waals surface area contributed by atoms with E-state index in [4.69, 9.17) is 9.84 Å². The maximum Gasteiger partial charge on any atom is 0.0642 e. The second-order valence-corrected chi connectivity index (χ2v) is 4.75. The van der Waals surface area contributed by atoms with Crippen LogP contribution in [0.1, 0.15) is 24.5 Å². The largest absolute Gasteiger partial charge is 0.396 e.